The summed E-state index contributed by atoms with van der Waals surface area (Å²) in [6, 6.07) is 12.3. The van der Waals surface area contributed by atoms with Gasteiger partial charge in [0.1, 0.15) is 18.1 Å². The number of nitrogens with zero attached hydrogens (tertiary/aromatic N) is 2. The Balaban J connectivity index is 1.34. The van der Waals surface area contributed by atoms with Crippen LogP contribution in [0.25, 0.3) is 11.5 Å². The Hall–Kier alpha value is -3.55. The third kappa shape index (κ3) is 3.62. The molecule has 1 fully saturated rings. The number of furan rings is 1. The number of hydrogen-bond acceptors (Lipinski definition) is 7. The van der Waals surface area contributed by atoms with Crippen molar-refractivity contribution in [3.05, 3.63) is 54.4 Å². The Morgan fingerprint density at radius 1 is 1.25 bits per heavy atom. The van der Waals surface area contributed by atoms with Crippen LogP contribution >= 0.6 is 0 Å². The number of anilines is 1. The first kappa shape index (κ1) is 17.8. The number of aromatic nitrogens is 1. The predicted octanol–water partition coefficient (Wildman–Crippen LogP) is 3.04. The minimum atomic E-state index is -0.522. The average Bonchev–Trinajstić information content (AvgIpc) is 3.46. The zero-order valence-electron chi connectivity index (χ0n) is 15.2. The SMILES string of the molecule is COc1ccc(N2CC(C(=O)OCc3cc(-c4ccco4)on3)CC2=O)cc1. The summed E-state index contributed by atoms with van der Waals surface area (Å²) in [5.74, 6) is 0.624. The van der Waals surface area contributed by atoms with E-state index in [1.165, 1.54) is 6.26 Å². The molecule has 1 aromatic carbocycles. The van der Waals surface area contributed by atoms with Crippen molar-refractivity contribution in [1.82, 2.24) is 5.16 Å². The van der Waals surface area contributed by atoms with Gasteiger partial charge in [0.05, 0.1) is 19.3 Å². The monoisotopic (exact) mass is 382 g/mol. The Morgan fingerprint density at radius 2 is 2.07 bits per heavy atom. The maximum absolute atomic E-state index is 12.4. The molecule has 8 heteroatoms. The van der Waals surface area contributed by atoms with Gasteiger partial charge in [-0.2, -0.15) is 0 Å². The van der Waals surface area contributed by atoms with Gasteiger partial charge in [-0.1, -0.05) is 5.16 Å². The van der Waals surface area contributed by atoms with E-state index in [4.69, 9.17) is 18.4 Å². The first-order valence-corrected chi connectivity index (χ1v) is 8.74. The fourth-order valence-corrected chi connectivity index (χ4v) is 3.05. The first-order chi connectivity index (χ1) is 13.6. The van der Waals surface area contributed by atoms with Gasteiger partial charge in [0.15, 0.2) is 5.76 Å². The van der Waals surface area contributed by atoms with E-state index in [1.54, 1.807) is 54.5 Å². The fraction of sp³-hybridized carbons (Fsp3) is 0.250. The third-order valence-electron chi connectivity index (χ3n) is 4.53. The fourth-order valence-electron chi connectivity index (χ4n) is 3.05. The van der Waals surface area contributed by atoms with Crippen LogP contribution in [0.1, 0.15) is 12.1 Å². The predicted molar refractivity (Wildman–Crippen MR) is 97.5 cm³/mol. The third-order valence-corrected chi connectivity index (χ3v) is 4.53. The van der Waals surface area contributed by atoms with Crippen molar-refractivity contribution in [1.29, 1.82) is 0 Å². The minimum absolute atomic E-state index is 0.0315. The van der Waals surface area contributed by atoms with Crippen molar-refractivity contribution < 1.29 is 28.0 Å². The lowest BCUT2D eigenvalue weighted by molar-refractivity contribution is -0.149. The Labute approximate surface area is 160 Å². The van der Waals surface area contributed by atoms with Gasteiger partial charge in [0, 0.05) is 24.7 Å². The molecule has 2 aromatic heterocycles. The molecular weight excluding hydrogens is 364 g/mol. The summed E-state index contributed by atoms with van der Waals surface area (Å²) in [5.41, 5.74) is 1.19. The lowest BCUT2D eigenvalue weighted by Crippen LogP contribution is -2.26. The van der Waals surface area contributed by atoms with Crippen molar-refractivity contribution in [2.75, 3.05) is 18.6 Å². The number of rotatable bonds is 6. The van der Waals surface area contributed by atoms with Crippen LogP contribution in [0.5, 0.6) is 5.75 Å². The van der Waals surface area contributed by atoms with Gasteiger partial charge in [-0.25, -0.2) is 0 Å². The standard InChI is InChI=1S/C20H18N2O6/c1-25-16-6-4-15(5-7-16)22-11-13(9-19(22)23)20(24)27-12-14-10-18(28-21-14)17-3-2-8-26-17/h2-8,10,13H,9,11-12H2,1H3. The maximum atomic E-state index is 12.4. The van der Waals surface area contributed by atoms with Gasteiger partial charge in [-0.05, 0) is 36.4 Å². The van der Waals surface area contributed by atoms with E-state index in [9.17, 15) is 9.59 Å². The summed E-state index contributed by atoms with van der Waals surface area (Å²) < 4.78 is 20.8. The van der Waals surface area contributed by atoms with Crippen LogP contribution in [0.2, 0.25) is 0 Å². The number of esters is 1. The molecule has 1 aliphatic rings. The van der Waals surface area contributed by atoms with Gasteiger partial charge in [0.2, 0.25) is 11.7 Å². The highest BCUT2D eigenvalue weighted by molar-refractivity contribution is 5.99. The highest BCUT2D eigenvalue weighted by Gasteiger charge is 2.36. The van der Waals surface area contributed by atoms with Crippen molar-refractivity contribution in [3.8, 4) is 17.3 Å². The van der Waals surface area contributed by atoms with Crippen molar-refractivity contribution >= 4 is 17.6 Å². The van der Waals surface area contributed by atoms with Crippen LogP contribution in [0.3, 0.4) is 0 Å². The second-order valence-electron chi connectivity index (χ2n) is 6.37. The molecule has 1 atom stereocenters. The number of carbonyl (C=O) groups excluding carboxylic acids is 2. The molecule has 0 radical (unpaired) electrons. The molecule has 3 heterocycles. The van der Waals surface area contributed by atoms with Crippen LogP contribution in [-0.4, -0.2) is 30.7 Å². The highest BCUT2D eigenvalue weighted by Crippen LogP contribution is 2.28. The van der Waals surface area contributed by atoms with E-state index >= 15 is 0 Å². The lowest BCUT2D eigenvalue weighted by atomic mass is 10.1. The lowest BCUT2D eigenvalue weighted by Gasteiger charge is -2.16. The minimum Gasteiger partial charge on any atom is -0.497 e. The smallest absolute Gasteiger partial charge is 0.311 e. The normalized spacial score (nSPS) is 16.4. The van der Waals surface area contributed by atoms with Crippen LogP contribution in [0, 0.1) is 5.92 Å². The molecule has 28 heavy (non-hydrogen) atoms. The molecule has 0 spiro atoms. The summed E-state index contributed by atoms with van der Waals surface area (Å²) in [6.45, 7) is 0.247. The summed E-state index contributed by atoms with van der Waals surface area (Å²) >= 11 is 0. The van der Waals surface area contributed by atoms with Crippen LogP contribution in [0.4, 0.5) is 5.69 Å². The van der Waals surface area contributed by atoms with Crippen LogP contribution in [0.15, 0.2) is 57.7 Å². The molecule has 0 saturated carbocycles. The number of ether oxygens (including phenoxy) is 2. The first-order valence-electron chi connectivity index (χ1n) is 8.74. The van der Waals surface area contributed by atoms with E-state index < -0.39 is 11.9 Å². The van der Waals surface area contributed by atoms with E-state index in [2.05, 4.69) is 5.16 Å². The molecule has 4 rings (SSSR count). The summed E-state index contributed by atoms with van der Waals surface area (Å²) in [7, 11) is 1.58. The zero-order chi connectivity index (χ0) is 19.5. The molecule has 1 unspecified atom stereocenters. The second-order valence-corrected chi connectivity index (χ2v) is 6.37. The number of methoxy groups -OCH3 is 1. The summed E-state index contributed by atoms with van der Waals surface area (Å²) in [5, 5.41) is 3.86. The molecule has 8 nitrogen and oxygen atoms in total. The number of hydrogen-bond donors (Lipinski definition) is 0. The van der Waals surface area contributed by atoms with Gasteiger partial charge in [-0.15, -0.1) is 0 Å². The van der Waals surface area contributed by atoms with E-state index in [0.717, 1.165) is 5.69 Å². The van der Waals surface area contributed by atoms with E-state index in [-0.39, 0.29) is 25.5 Å². The molecular formula is C20H18N2O6. The highest BCUT2D eigenvalue weighted by atomic mass is 16.5. The van der Waals surface area contributed by atoms with Gasteiger partial charge in [-0.3, -0.25) is 9.59 Å². The molecule has 1 aliphatic heterocycles. The topological polar surface area (TPSA) is 95.0 Å². The zero-order valence-corrected chi connectivity index (χ0v) is 15.2. The van der Waals surface area contributed by atoms with Crippen molar-refractivity contribution in [2.24, 2.45) is 5.92 Å². The number of amides is 1. The van der Waals surface area contributed by atoms with Crippen molar-refractivity contribution in [2.45, 2.75) is 13.0 Å². The number of carbonyl (C=O) groups is 2. The Kier molecular flexibility index (Phi) is 4.84. The molecule has 1 saturated heterocycles. The molecule has 1 amide bonds. The van der Waals surface area contributed by atoms with Crippen LogP contribution < -0.4 is 9.64 Å². The maximum Gasteiger partial charge on any atom is 0.311 e. The molecule has 0 bridgehead atoms. The molecule has 3 aromatic rings. The average molecular weight is 382 g/mol. The second kappa shape index (κ2) is 7.59. The molecule has 0 aliphatic carbocycles. The summed E-state index contributed by atoms with van der Waals surface area (Å²) in [4.78, 5) is 26.3. The van der Waals surface area contributed by atoms with Gasteiger partial charge >= 0.3 is 5.97 Å². The van der Waals surface area contributed by atoms with Crippen molar-refractivity contribution in [3.63, 3.8) is 0 Å². The largest absolute Gasteiger partial charge is 0.497 e. The molecule has 144 valence electrons. The number of benzene rings is 1. The van der Waals surface area contributed by atoms with Gasteiger partial charge < -0.3 is 23.3 Å². The van der Waals surface area contributed by atoms with Crippen LogP contribution in [-0.2, 0) is 20.9 Å². The quantitative estimate of drug-likeness (QED) is 0.605. The Morgan fingerprint density at radius 3 is 2.79 bits per heavy atom. The van der Waals surface area contributed by atoms with Gasteiger partial charge in [0.25, 0.3) is 0 Å². The van der Waals surface area contributed by atoms with E-state index in [1.807, 2.05) is 0 Å². The summed E-state index contributed by atoms with van der Waals surface area (Å²) in [6.07, 6.45) is 1.64. The Bertz CT molecular complexity index is 961. The molecule has 0 N–H and O–H groups in total. The van der Waals surface area contributed by atoms with E-state index in [0.29, 0.717) is 23.0 Å².